The standard InChI is InChI=1S/C18H28N4O2/c1-21(2)17-8-7-13(11-19-17)18(23)20-15-5-4-6-16(15)22-10-9-14(12-22)24-3/h7-8,11,14-16H,4-6,9-10,12H2,1-3H3,(H,20,23)/t14?,15-,16+/m0/s1. The van der Waals surface area contributed by atoms with E-state index in [1.165, 1.54) is 6.42 Å². The van der Waals surface area contributed by atoms with Crippen LogP contribution in [0.4, 0.5) is 5.82 Å². The van der Waals surface area contributed by atoms with Crippen LogP contribution in [0.25, 0.3) is 0 Å². The fourth-order valence-electron chi connectivity index (χ4n) is 3.83. The molecule has 1 aromatic rings. The number of methoxy groups -OCH3 is 1. The molecule has 3 rings (SSSR count). The molecule has 3 atom stereocenters. The molecule has 2 heterocycles. The van der Waals surface area contributed by atoms with Gasteiger partial charge in [0.2, 0.25) is 0 Å². The van der Waals surface area contributed by atoms with Crippen LogP contribution in [0, 0.1) is 0 Å². The van der Waals surface area contributed by atoms with Crippen molar-refractivity contribution in [3.8, 4) is 0 Å². The summed E-state index contributed by atoms with van der Waals surface area (Å²) >= 11 is 0. The summed E-state index contributed by atoms with van der Waals surface area (Å²) in [6.07, 6.45) is 6.45. The molecule has 0 aromatic carbocycles. The van der Waals surface area contributed by atoms with Crippen molar-refractivity contribution in [2.75, 3.05) is 39.2 Å². The van der Waals surface area contributed by atoms with E-state index in [-0.39, 0.29) is 11.9 Å². The van der Waals surface area contributed by atoms with Gasteiger partial charge in [-0.3, -0.25) is 9.69 Å². The Morgan fingerprint density at radius 1 is 1.33 bits per heavy atom. The number of rotatable bonds is 5. The van der Waals surface area contributed by atoms with Gasteiger partial charge in [-0.15, -0.1) is 0 Å². The number of nitrogens with one attached hydrogen (secondary N) is 1. The maximum absolute atomic E-state index is 12.6. The van der Waals surface area contributed by atoms with Gasteiger partial charge in [-0.05, 0) is 37.8 Å². The van der Waals surface area contributed by atoms with Gasteiger partial charge < -0.3 is 15.0 Å². The van der Waals surface area contributed by atoms with Crippen molar-refractivity contribution in [3.05, 3.63) is 23.9 Å². The van der Waals surface area contributed by atoms with Crippen LogP contribution in [0.5, 0.6) is 0 Å². The van der Waals surface area contributed by atoms with E-state index < -0.39 is 0 Å². The maximum Gasteiger partial charge on any atom is 0.253 e. The highest BCUT2D eigenvalue weighted by atomic mass is 16.5. The smallest absolute Gasteiger partial charge is 0.253 e. The van der Waals surface area contributed by atoms with Gasteiger partial charge in [0.1, 0.15) is 5.82 Å². The van der Waals surface area contributed by atoms with Crippen molar-refractivity contribution in [2.45, 2.75) is 43.9 Å². The van der Waals surface area contributed by atoms with Crippen molar-refractivity contribution in [3.63, 3.8) is 0 Å². The van der Waals surface area contributed by atoms with Crippen molar-refractivity contribution in [1.82, 2.24) is 15.2 Å². The SMILES string of the molecule is COC1CCN([C@@H]2CCC[C@@H]2NC(=O)c2ccc(N(C)C)nc2)C1. The van der Waals surface area contributed by atoms with Gasteiger partial charge >= 0.3 is 0 Å². The third-order valence-electron chi connectivity index (χ3n) is 5.24. The quantitative estimate of drug-likeness (QED) is 0.886. The molecule has 1 aliphatic carbocycles. The predicted molar refractivity (Wildman–Crippen MR) is 94.4 cm³/mol. The molecule has 1 saturated heterocycles. The van der Waals surface area contributed by atoms with Crippen LogP contribution >= 0.6 is 0 Å². The number of hydrogen-bond donors (Lipinski definition) is 1. The Bertz CT molecular complexity index is 561. The third-order valence-corrected chi connectivity index (χ3v) is 5.24. The number of pyridine rings is 1. The van der Waals surface area contributed by atoms with Crippen LogP contribution in [-0.4, -0.2) is 68.3 Å². The molecular weight excluding hydrogens is 304 g/mol. The molecule has 6 heteroatoms. The largest absolute Gasteiger partial charge is 0.380 e. The predicted octanol–water partition coefficient (Wildman–Crippen LogP) is 1.52. The molecule has 1 aliphatic heterocycles. The van der Waals surface area contributed by atoms with E-state index in [0.29, 0.717) is 17.7 Å². The van der Waals surface area contributed by atoms with Gasteiger partial charge in [-0.25, -0.2) is 4.98 Å². The lowest BCUT2D eigenvalue weighted by Crippen LogP contribution is -2.48. The summed E-state index contributed by atoms with van der Waals surface area (Å²) in [5.74, 6) is 0.833. The van der Waals surface area contributed by atoms with E-state index in [1.54, 1.807) is 13.3 Å². The number of aromatic nitrogens is 1. The minimum absolute atomic E-state index is 0.0211. The zero-order valence-corrected chi connectivity index (χ0v) is 14.9. The second-order valence-corrected chi connectivity index (χ2v) is 7.02. The molecular formula is C18H28N4O2. The van der Waals surface area contributed by atoms with Gasteiger partial charge in [0.05, 0.1) is 11.7 Å². The zero-order chi connectivity index (χ0) is 17.1. The number of carbonyl (C=O) groups is 1. The van der Waals surface area contributed by atoms with Gasteiger partial charge in [0, 0.05) is 52.6 Å². The number of amides is 1. The van der Waals surface area contributed by atoms with E-state index in [1.807, 2.05) is 31.1 Å². The minimum Gasteiger partial charge on any atom is -0.380 e. The Morgan fingerprint density at radius 3 is 2.79 bits per heavy atom. The summed E-state index contributed by atoms with van der Waals surface area (Å²) in [6, 6.07) is 4.38. The molecule has 1 aromatic heterocycles. The molecule has 6 nitrogen and oxygen atoms in total. The average Bonchev–Trinajstić information content (AvgIpc) is 3.23. The molecule has 2 fully saturated rings. The third kappa shape index (κ3) is 3.70. The van der Waals surface area contributed by atoms with E-state index in [2.05, 4.69) is 15.2 Å². The molecule has 24 heavy (non-hydrogen) atoms. The van der Waals surface area contributed by atoms with Crippen molar-refractivity contribution in [1.29, 1.82) is 0 Å². The Labute approximate surface area is 144 Å². The first-order valence-corrected chi connectivity index (χ1v) is 8.79. The summed E-state index contributed by atoms with van der Waals surface area (Å²) in [6.45, 7) is 2.04. The first-order chi connectivity index (χ1) is 11.6. The molecule has 2 aliphatic rings. The highest BCUT2D eigenvalue weighted by Gasteiger charge is 2.36. The maximum atomic E-state index is 12.6. The monoisotopic (exact) mass is 332 g/mol. The van der Waals surface area contributed by atoms with Gasteiger partial charge in [-0.2, -0.15) is 0 Å². The van der Waals surface area contributed by atoms with Crippen LogP contribution in [-0.2, 0) is 4.74 Å². The molecule has 0 bridgehead atoms. The molecule has 1 saturated carbocycles. The van der Waals surface area contributed by atoms with Crippen molar-refractivity contribution >= 4 is 11.7 Å². The topological polar surface area (TPSA) is 57.7 Å². The van der Waals surface area contributed by atoms with Crippen LogP contribution < -0.4 is 10.2 Å². The van der Waals surface area contributed by atoms with Crippen molar-refractivity contribution in [2.24, 2.45) is 0 Å². The highest BCUT2D eigenvalue weighted by Crippen LogP contribution is 2.28. The van der Waals surface area contributed by atoms with E-state index in [0.717, 1.165) is 38.2 Å². The normalized spacial score (nSPS) is 27.4. The second kappa shape index (κ2) is 7.49. The molecule has 132 valence electrons. The van der Waals surface area contributed by atoms with Gasteiger partial charge in [0.15, 0.2) is 0 Å². The fraction of sp³-hybridized carbons (Fsp3) is 0.667. The van der Waals surface area contributed by atoms with Gasteiger partial charge in [-0.1, -0.05) is 0 Å². The summed E-state index contributed by atoms with van der Waals surface area (Å²) < 4.78 is 5.48. The molecule has 1 amide bonds. The number of carbonyl (C=O) groups excluding carboxylic acids is 1. The molecule has 0 spiro atoms. The molecule has 1 N–H and O–H groups in total. The zero-order valence-electron chi connectivity index (χ0n) is 14.9. The lowest BCUT2D eigenvalue weighted by atomic mass is 10.1. The average molecular weight is 332 g/mol. The van der Waals surface area contributed by atoms with E-state index in [9.17, 15) is 4.79 Å². The number of ether oxygens (including phenoxy) is 1. The summed E-state index contributed by atoms with van der Waals surface area (Å²) in [5, 5.41) is 3.23. The van der Waals surface area contributed by atoms with Crippen LogP contribution in [0.15, 0.2) is 18.3 Å². The Balaban J connectivity index is 1.60. The first kappa shape index (κ1) is 17.2. The van der Waals surface area contributed by atoms with Crippen LogP contribution in [0.2, 0.25) is 0 Å². The summed E-state index contributed by atoms with van der Waals surface area (Å²) in [4.78, 5) is 21.3. The summed E-state index contributed by atoms with van der Waals surface area (Å²) in [7, 11) is 5.66. The van der Waals surface area contributed by atoms with E-state index in [4.69, 9.17) is 4.74 Å². The molecule has 1 unspecified atom stereocenters. The number of hydrogen-bond acceptors (Lipinski definition) is 5. The first-order valence-electron chi connectivity index (χ1n) is 8.79. The Morgan fingerprint density at radius 2 is 2.17 bits per heavy atom. The van der Waals surface area contributed by atoms with Crippen LogP contribution in [0.3, 0.4) is 0 Å². The summed E-state index contributed by atoms with van der Waals surface area (Å²) in [5.41, 5.74) is 0.627. The number of likely N-dealkylation sites (tertiary alicyclic amines) is 1. The Hall–Kier alpha value is -1.66. The van der Waals surface area contributed by atoms with Gasteiger partial charge in [0.25, 0.3) is 5.91 Å². The highest BCUT2D eigenvalue weighted by molar-refractivity contribution is 5.94. The van der Waals surface area contributed by atoms with E-state index >= 15 is 0 Å². The molecule has 0 radical (unpaired) electrons. The Kier molecular flexibility index (Phi) is 5.36. The lowest BCUT2D eigenvalue weighted by molar-refractivity contribution is 0.0872. The van der Waals surface area contributed by atoms with Crippen LogP contribution in [0.1, 0.15) is 36.0 Å². The van der Waals surface area contributed by atoms with Crippen molar-refractivity contribution < 1.29 is 9.53 Å². The number of anilines is 1. The lowest BCUT2D eigenvalue weighted by Gasteiger charge is -2.30. The second-order valence-electron chi connectivity index (χ2n) is 7.02. The fourth-order valence-corrected chi connectivity index (χ4v) is 3.83. The number of nitrogens with zero attached hydrogens (tertiary/aromatic N) is 3. The minimum atomic E-state index is -0.0211.